The molecule has 442 valence electrons. The van der Waals surface area contributed by atoms with Gasteiger partial charge in [0, 0.05) is 0 Å². The summed E-state index contributed by atoms with van der Waals surface area (Å²) in [5.74, 6) is 2.81. The Morgan fingerprint density at radius 2 is 0.808 bits per heavy atom. The highest BCUT2D eigenvalue weighted by atomic mass is 16.6. The average molecular weight is 1100 g/mol. The molecule has 10 bridgehead atoms. The van der Waals surface area contributed by atoms with E-state index in [0.717, 1.165) is 138 Å². The average Bonchev–Trinajstić information content (AvgIpc) is 4.05. The van der Waals surface area contributed by atoms with Crippen molar-refractivity contribution in [1.82, 2.24) is 0 Å². The fraction of sp³-hybridized carbons (Fsp3) is 0.871. The van der Waals surface area contributed by atoms with Gasteiger partial charge in [-0.25, -0.2) is 14.4 Å². The highest BCUT2D eigenvalue weighted by molar-refractivity contribution is 5.79. The minimum absolute atomic E-state index is 0.0264. The van der Waals surface area contributed by atoms with Crippen LogP contribution in [-0.2, 0) is 76.3 Å². The molecule has 0 spiro atoms. The highest BCUT2D eigenvalue weighted by Gasteiger charge is 2.56. The number of carbonyl (C=O) groups excluding carboxylic acids is 8. The first-order valence-electron chi connectivity index (χ1n) is 30.7. The summed E-state index contributed by atoms with van der Waals surface area (Å²) in [6.07, 6.45) is 27.0. The van der Waals surface area contributed by atoms with E-state index in [2.05, 4.69) is 0 Å². The van der Waals surface area contributed by atoms with Gasteiger partial charge >= 0.3 is 47.8 Å². The molecule has 11 aliphatic rings. The Hall–Kier alpha value is -4.24. The van der Waals surface area contributed by atoms with Crippen molar-refractivity contribution in [2.45, 2.75) is 234 Å². The Bertz CT molecular complexity index is 1940. The van der Waals surface area contributed by atoms with Crippen LogP contribution in [0.3, 0.4) is 0 Å². The fourth-order valence-corrected chi connectivity index (χ4v) is 14.8. The van der Waals surface area contributed by atoms with E-state index < -0.39 is 11.9 Å². The Morgan fingerprint density at radius 1 is 0.410 bits per heavy atom. The Balaban J connectivity index is 0.000000169. The first-order chi connectivity index (χ1) is 37.2. The normalized spacial score (nSPS) is 31.9. The van der Waals surface area contributed by atoms with E-state index in [0.29, 0.717) is 5.92 Å². The van der Waals surface area contributed by atoms with Gasteiger partial charge < -0.3 is 37.9 Å². The molecule has 0 aromatic carbocycles. The first-order valence-corrected chi connectivity index (χ1v) is 30.7. The van der Waals surface area contributed by atoms with Crippen LogP contribution in [0.5, 0.6) is 0 Å². The third kappa shape index (κ3) is 18.4. The summed E-state index contributed by atoms with van der Waals surface area (Å²) in [6.45, 7) is 14.6. The molecule has 16 heteroatoms. The second-order valence-corrected chi connectivity index (χ2v) is 25.6. The maximum atomic E-state index is 12.6. The molecule has 11 aliphatic carbocycles. The maximum absolute atomic E-state index is 12.6. The van der Waals surface area contributed by atoms with Crippen LogP contribution in [0, 0.1) is 76.4 Å². The highest BCUT2D eigenvalue weighted by Crippen LogP contribution is 2.61. The van der Waals surface area contributed by atoms with Gasteiger partial charge in [-0.3, -0.25) is 24.0 Å². The molecule has 7 unspecified atom stereocenters. The maximum Gasteiger partial charge on any atom is 0.344 e. The van der Waals surface area contributed by atoms with Crippen molar-refractivity contribution in [1.29, 1.82) is 0 Å². The van der Waals surface area contributed by atoms with E-state index in [9.17, 15) is 38.4 Å². The van der Waals surface area contributed by atoms with Crippen molar-refractivity contribution in [2.24, 2.45) is 76.4 Å². The molecule has 0 amide bonds. The van der Waals surface area contributed by atoms with E-state index in [-0.39, 0.29) is 116 Å². The van der Waals surface area contributed by atoms with Crippen molar-refractivity contribution in [3.05, 3.63) is 0 Å². The van der Waals surface area contributed by atoms with E-state index in [1.165, 1.54) is 64.2 Å². The summed E-state index contributed by atoms with van der Waals surface area (Å²) in [5.41, 5.74) is -0.454. The third-order valence-corrected chi connectivity index (χ3v) is 19.2. The lowest BCUT2D eigenvalue weighted by atomic mass is 9.49. The molecule has 0 saturated heterocycles. The zero-order chi connectivity index (χ0) is 56.6. The quantitative estimate of drug-likeness (QED) is 0.0594. The van der Waals surface area contributed by atoms with Crippen LogP contribution in [0.15, 0.2) is 0 Å². The third-order valence-electron chi connectivity index (χ3n) is 19.2. The van der Waals surface area contributed by atoms with Crippen LogP contribution in [0.25, 0.3) is 0 Å². The number of hydrogen-bond donors (Lipinski definition) is 0. The zero-order valence-electron chi connectivity index (χ0n) is 48.8. The molecule has 11 saturated carbocycles. The lowest BCUT2D eigenvalue weighted by Crippen LogP contribution is -2.53. The minimum Gasteiger partial charge on any atom is -0.462 e. The molecular formula is C62H98O16. The zero-order valence-corrected chi connectivity index (χ0v) is 48.8. The number of hydrogen-bond acceptors (Lipinski definition) is 16. The van der Waals surface area contributed by atoms with Gasteiger partial charge in [0.15, 0.2) is 19.8 Å². The summed E-state index contributed by atoms with van der Waals surface area (Å²) in [5, 5.41) is 0. The topological polar surface area (TPSA) is 210 Å². The van der Waals surface area contributed by atoms with E-state index in [1.54, 1.807) is 13.8 Å². The molecule has 11 rings (SSSR count). The van der Waals surface area contributed by atoms with Crippen LogP contribution in [0.2, 0.25) is 0 Å². The second kappa shape index (κ2) is 30.0. The van der Waals surface area contributed by atoms with Crippen LogP contribution in [0.4, 0.5) is 0 Å². The van der Waals surface area contributed by atoms with Gasteiger partial charge in [0.05, 0.1) is 29.1 Å². The van der Waals surface area contributed by atoms with Gasteiger partial charge in [-0.15, -0.1) is 0 Å². The summed E-state index contributed by atoms with van der Waals surface area (Å²) < 4.78 is 41.9. The number of fused-ring (bicyclic) bond motifs is 2. The molecule has 0 aromatic rings. The predicted octanol–water partition coefficient (Wildman–Crippen LogP) is 11.2. The fourth-order valence-electron chi connectivity index (χ4n) is 14.8. The Morgan fingerprint density at radius 3 is 1.22 bits per heavy atom. The number of esters is 8. The SMILES string of the molecule is CCC(C)C(=O)OCC(=O)OC12CC3CC(CC(C3)C1)C2.CCC(C)C(=O)OCC(=O)OC1CC2CCC1C2.CCC(C)C(=O)OCC(=O)OC1CCCCC1.CCC(C)C(=O)OCCOC(=O)C12CC3CC(CC(C3)C1)C2. The molecular weight excluding hydrogens is 1000 g/mol. The van der Waals surface area contributed by atoms with Crippen LogP contribution < -0.4 is 0 Å². The molecule has 78 heavy (non-hydrogen) atoms. The van der Waals surface area contributed by atoms with E-state index in [4.69, 9.17) is 37.9 Å². The Kier molecular flexibility index (Phi) is 24.2. The van der Waals surface area contributed by atoms with Gasteiger partial charge in [0.25, 0.3) is 0 Å². The van der Waals surface area contributed by atoms with Gasteiger partial charge in [0.1, 0.15) is 31.0 Å². The summed E-state index contributed by atoms with van der Waals surface area (Å²) in [6, 6.07) is 0. The molecule has 0 radical (unpaired) electrons. The van der Waals surface area contributed by atoms with Gasteiger partial charge in [0.2, 0.25) is 0 Å². The molecule has 0 aliphatic heterocycles. The summed E-state index contributed by atoms with van der Waals surface area (Å²) >= 11 is 0. The van der Waals surface area contributed by atoms with Crippen molar-refractivity contribution in [3.63, 3.8) is 0 Å². The smallest absolute Gasteiger partial charge is 0.344 e. The number of carbonyl (C=O) groups is 8. The van der Waals surface area contributed by atoms with Gasteiger partial charge in [-0.1, -0.05) is 61.8 Å². The number of rotatable bonds is 21. The number of ether oxygens (including phenoxy) is 8. The molecule has 0 aromatic heterocycles. The van der Waals surface area contributed by atoms with Crippen LogP contribution >= 0.6 is 0 Å². The summed E-state index contributed by atoms with van der Waals surface area (Å²) in [4.78, 5) is 93.6. The van der Waals surface area contributed by atoms with Gasteiger partial charge in [-0.2, -0.15) is 0 Å². The van der Waals surface area contributed by atoms with Crippen LogP contribution in [0.1, 0.15) is 216 Å². The van der Waals surface area contributed by atoms with Gasteiger partial charge in [-0.05, 0) is 201 Å². The lowest BCUT2D eigenvalue weighted by molar-refractivity contribution is -0.192. The van der Waals surface area contributed by atoms with E-state index in [1.807, 2.05) is 41.5 Å². The first kappa shape index (κ1) is 62.9. The molecule has 11 fully saturated rings. The molecule has 0 N–H and O–H groups in total. The molecule has 7 atom stereocenters. The van der Waals surface area contributed by atoms with E-state index >= 15 is 0 Å². The second-order valence-electron chi connectivity index (χ2n) is 25.6. The minimum atomic E-state index is -0.423. The standard InChI is InChI=1S/C18H28O4.C17H26O4.C14H22O4.C13H22O4/c1-3-12(2)16(19)21-4-5-22-17(20)18-9-13-6-14(10-18)8-15(7-13)11-18;1-3-11(2)16(19)20-10-15(18)21-17-7-12-4-13(8-17)6-14(5-12)9-17;1-3-9(2)14(16)17-8-13(15)18-12-7-10-4-5-11(12)6-10;1-3-10(2)13(15)16-9-12(14)17-11-7-5-4-6-8-11/h12-15H,3-11H2,1-2H3;11-14H,3-10H2,1-2H3;9-12H,3-8H2,1-2H3;10-11H,3-9H2,1-2H3. The summed E-state index contributed by atoms with van der Waals surface area (Å²) in [7, 11) is 0. The Labute approximate surface area is 465 Å². The lowest BCUT2D eigenvalue weighted by Gasteiger charge is -2.55. The van der Waals surface area contributed by atoms with Crippen molar-refractivity contribution in [3.8, 4) is 0 Å². The molecule has 0 heterocycles. The van der Waals surface area contributed by atoms with Crippen molar-refractivity contribution >= 4 is 47.8 Å². The van der Waals surface area contributed by atoms with Crippen molar-refractivity contribution < 1.29 is 76.3 Å². The molecule has 16 nitrogen and oxygen atoms in total. The largest absolute Gasteiger partial charge is 0.462 e. The predicted molar refractivity (Wildman–Crippen MR) is 289 cm³/mol. The monoisotopic (exact) mass is 1100 g/mol. The van der Waals surface area contributed by atoms with Crippen LogP contribution in [-0.4, -0.2) is 98.6 Å². The van der Waals surface area contributed by atoms with Crippen molar-refractivity contribution in [2.75, 3.05) is 33.0 Å².